The largest absolute Gasteiger partial charge is 0.383 e. The predicted molar refractivity (Wildman–Crippen MR) is 86.7 cm³/mol. The minimum absolute atomic E-state index is 0.467. The molecule has 1 unspecified atom stereocenters. The summed E-state index contributed by atoms with van der Waals surface area (Å²) >= 11 is 3.50. The second kappa shape index (κ2) is 6.76. The Balaban J connectivity index is 1.86. The van der Waals surface area contributed by atoms with Gasteiger partial charge in [0.1, 0.15) is 0 Å². The SMILES string of the molecule is Cc1cccc(CCC(C)Nc2cccc(Br)c2)c1. The van der Waals surface area contributed by atoms with Crippen molar-refractivity contribution in [2.75, 3.05) is 5.32 Å². The molecular weight excluding hydrogens is 298 g/mol. The fraction of sp³-hybridized carbons (Fsp3) is 0.294. The zero-order valence-corrected chi connectivity index (χ0v) is 13.1. The summed E-state index contributed by atoms with van der Waals surface area (Å²) in [5.74, 6) is 0. The normalized spacial score (nSPS) is 12.2. The summed E-state index contributed by atoms with van der Waals surface area (Å²) in [7, 11) is 0. The van der Waals surface area contributed by atoms with E-state index >= 15 is 0 Å². The van der Waals surface area contributed by atoms with E-state index in [9.17, 15) is 0 Å². The van der Waals surface area contributed by atoms with Crippen LogP contribution in [0.2, 0.25) is 0 Å². The van der Waals surface area contributed by atoms with Crippen LogP contribution in [0.3, 0.4) is 0 Å². The number of hydrogen-bond acceptors (Lipinski definition) is 1. The van der Waals surface area contributed by atoms with Crippen molar-refractivity contribution >= 4 is 21.6 Å². The van der Waals surface area contributed by atoms with Crippen molar-refractivity contribution in [1.82, 2.24) is 0 Å². The molecule has 0 bridgehead atoms. The zero-order valence-electron chi connectivity index (χ0n) is 11.5. The van der Waals surface area contributed by atoms with Crippen molar-refractivity contribution in [2.24, 2.45) is 0 Å². The fourth-order valence-corrected chi connectivity index (χ4v) is 2.59. The number of rotatable bonds is 5. The lowest BCUT2D eigenvalue weighted by Gasteiger charge is -2.15. The first-order valence-electron chi connectivity index (χ1n) is 6.71. The van der Waals surface area contributed by atoms with Crippen molar-refractivity contribution in [2.45, 2.75) is 32.7 Å². The summed E-state index contributed by atoms with van der Waals surface area (Å²) < 4.78 is 1.11. The molecular formula is C17H20BrN. The Kier molecular flexibility index (Phi) is 5.03. The van der Waals surface area contributed by atoms with Crippen molar-refractivity contribution in [1.29, 1.82) is 0 Å². The van der Waals surface area contributed by atoms with E-state index in [0.29, 0.717) is 6.04 Å². The van der Waals surface area contributed by atoms with Crippen LogP contribution in [0.1, 0.15) is 24.5 Å². The molecule has 2 aromatic rings. The van der Waals surface area contributed by atoms with Crippen LogP contribution in [-0.2, 0) is 6.42 Å². The number of hydrogen-bond donors (Lipinski definition) is 1. The van der Waals surface area contributed by atoms with Crippen LogP contribution in [0.5, 0.6) is 0 Å². The highest BCUT2D eigenvalue weighted by Gasteiger charge is 2.03. The molecule has 1 N–H and O–H groups in total. The molecule has 0 aromatic heterocycles. The predicted octanol–water partition coefficient (Wildman–Crippen LogP) is 5.19. The van der Waals surface area contributed by atoms with Crippen molar-refractivity contribution in [3.05, 3.63) is 64.1 Å². The van der Waals surface area contributed by atoms with Gasteiger partial charge in [-0.1, -0.05) is 51.8 Å². The van der Waals surface area contributed by atoms with Gasteiger partial charge in [0, 0.05) is 16.2 Å². The highest BCUT2D eigenvalue weighted by atomic mass is 79.9. The van der Waals surface area contributed by atoms with Gasteiger partial charge in [-0.2, -0.15) is 0 Å². The van der Waals surface area contributed by atoms with Crippen molar-refractivity contribution in [3.8, 4) is 0 Å². The monoisotopic (exact) mass is 317 g/mol. The van der Waals surface area contributed by atoms with Gasteiger partial charge in [-0.3, -0.25) is 0 Å². The third kappa shape index (κ3) is 4.71. The number of nitrogens with one attached hydrogen (secondary N) is 1. The van der Waals surface area contributed by atoms with Gasteiger partial charge in [-0.05, 0) is 50.5 Å². The van der Waals surface area contributed by atoms with Gasteiger partial charge in [0.15, 0.2) is 0 Å². The van der Waals surface area contributed by atoms with Gasteiger partial charge in [0.25, 0.3) is 0 Å². The quantitative estimate of drug-likeness (QED) is 0.800. The smallest absolute Gasteiger partial charge is 0.0353 e. The van der Waals surface area contributed by atoms with Gasteiger partial charge < -0.3 is 5.32 Å². The summed E-state index contributed by atoms with van der Waals surface area (Å²) in [5.41, 5.74) is 3.93. The lowest BCUT2D eigenvalue weighted by molar-refractivity contribution is 0.706. The molecule has 0 aliphatic rings. The molecule has 0 amide bonds. The Morgan fingerprint density at radius 2 is 1.89 bits per heavy atom. The molecule has 0 aliphatic heterocycles. The average Bonchev–Trinajstić information content (AvgIpc) is 2.36. The van der Waals surface area contributed by atoms with E-state index in [1.807, 2.05) is 6.07 Å². The van der Waals surface area contributed by atoms with Gasteiger partial charge >= 0.3 is 0 Å². The summed E-state index contributed by atoms with van der Waals surface area (Å²) in [6, 6.07) is 17.5. The molecule has 0 saturated heterocycles. The Hall–Kier alpha value is -1.28. The van der Waals surface area contributed by atoms with E-state index in [1.54, 1.807) is 0 Å². The second-order valence-corrected chi connectivity index (χ2v) is 6.00. The highest BCUT2D eigenvalue weighted by Crippen LogP contribution is 2.17. The molecule has 0 fully saturated rings. The van der Waals surface area contributed by atoms with Crippen LogP contribution in [0, 0.1) is 6.92 Å². The molecule has 19 heavy (non-hydrogen) atoms. The number of halogens is 1. The van der Waals surface area contributed by atoms with Gasteiger partial charge in [0.2, 0.25) is 0 Å². The Labute approximate surface area is 124 Å². The topological polar surface area (TPSA) is 12.0 Å². The molecule has 0 spiro atoms. The van der Waals surface area contributed by atoms with E-state index in [1.165, 1.54) is 16.8 Å². The van der Waals surface area contributed by atoms with Gasteiger partial charge in [-0.25, -0.2) is 0 Å². The van der Waals surface area contributed by atoms with Crippen LogP contribution in [0.4, 0.5) is 5.69 Å². The minimum Gasteiger partial charge on any atom is -0.383 e. The third-order valence-electron chi connectivity index (χ3n) is 3.19. The Morgan fingerprint density at radius 3 is 2.63 bits per heavy atom. The molecule has 2 heteroatoms. The van der Waals surface area contributed by atoms with Crippen LogP contribution < -0.4 is 5.32 Å². The number of aryl methyl sites for hydroxylation is 2. The first kappa shape index (κ1) is 14.1. The molecule has 2 aromatic carbocycles. The second-order valence-electron chi connectivity index (χ2n) is 5.08. The molecule has 100 valence electrons. The van der Waals surface area contributed by atoms with Crippen LogP contribution in [0.15, 0.2) is 53.0 Å². The van der Waals surface area contributed by atoms with Crippen LogP contribution in [0.25, 0.3) is 0 Å². The van der Waals surface area contributed by atoms with Crippen molar-refractivity contribution < 1.29 is 0 Å². The summed E-state index contributed by atoms with van der Waals surface area (Å²) in [6.45, 7) is 4.38. The Bertz CT molecular complexity index is 536. The Morgan fingerprint density at radius 1 is 1.11 bits per heavy atom. The average molecular weight is 318 g/mol. The maximum Gasteiger partial charge on any atom is 0.0353 e. The summed E-state index contributed by atoms with van der Waals surface area (Å²) in [5, 5.41) is 3.54. The molecule has 2 rings (SSSR count). The fourth-order valence-electron chi connectivity index (χ4n) is 2.19. The minimum atomic E-state index is 0.467. The molecule has 1 atom stereocenters. The lowest BCUT2D eigenvalue weighted by atomic mass is 10.0. The standard InChI is InChI=1S/C17H20BrN/c1-13-5-3-6-15(11-13)10-9-14(2)19-17-8-4-7-16(18)12-17/h3-8,11-12,14,19H,9-10H2,1-2H3. The van der Waals surface area contributed by atoms with E-state index in [2.05, 4.69) is 77.6 Å². The lowest BCUT2D eigenvalue weighted by Crippen LogP contribution is -2.15. The molecule has 0 aliphatic carbocycles. The number of anilines is 1. The zero-order chi connectivity index (χ0) is 13.7. The third-order valence-corrected chi connectivity index (χ3v) is 3.68. The van der Waals surface area contributed by atoms with Gasteiger partial charge in [-0.15, -0.1) is 0 Å². The highest BCUT2D eigenvalue weighted by molar-refractivity contribution is 9.10. The summed E-state index contributed by atoms with van der Waals surface area (Å²) in [6.07, 6.45) is 2.25. The van der Waals surface area contributed by atoms with Gasteiger partial charge in [0.05, 0.1) is 0 Å². The number of benzene rings is 2. The molecule has 1 nitrogen and oxygen atoms in total. The van der Waals surface area contributed by atoms with Crippen LogP contribution >= 0.6 is 15.9 Å². The van der Waals surface area contributed by atoms with E-state index in [0.717, 1.165) is 17.3 Å². The van der Waals surface area contributed by atoms with E-state index in [-0.39, 0.29) is 0 Å². The van der Waals surface area contributed by atoms with Crippen LogP contribution in [-0.4, -0.2) is 6.04 Å². The summed E-state index contributed by atoms with van der Waals surface area (Å²) in [4.78, 5) is 0. The van der Waals surface area contributed by atoms with Crippen molar-refractivity contribution in [3.63, 3.8) is 0 Å². The molecule has 0 radical (unpaired) electrons. The van der Waals surface area contributed by atoms with E-state index in [4.69, 9.17) is 0 Å². The molecule has 0 heterocycles. The van der Waals surface area contributed by atoms with E-state index < -0.39 is 0 Å². The molecule has 0 saturated carbocycles. The maximum atomic E-state index is 3.54. The first-order chi connectivity index (χ1) is 9.13. The maximum absolute atomic E-state index is 3.54. The first-order valence-corrected chi connectivity index (χ1v) is 7.50.